The summed E-state index contributed by atoms with van der Waals surface area (Å²) in [5, 5.41) is 0. The van der Waals surface area contributed by atoms with Gasteiger partial charge in [0, 0.05) is 12.0 Å². The van der Waals surface area contributed by atoms with E-state index in [1.54, 1.807) is 38.1 Å². The van der Waals surface area contributed by atoms with Crippen molar-refractivity contribution < 1.29 is 22.1 Å². The number of benzene rings is 2. The minimum atomic E-state index is -3.60. The fourth-order valence-corrected chi connectivity index (χ4v) is 3.44. The number of rotatable bonds is 9. The molecule has 2 aromatic rings. The average molecular weight is 406 g/mol. The van der Waals surface area contributed by atoms with Crippen LogP contribution in [0, 0.1) is 0 Å². The van der Waals surface area contributed by atoms with Gasteiger partial charge < -0.3 is 14.7 Å². The molecule has 0 amide bonds. The van der Waals surface area contributed by atoms with Crippen LogP contribution >= 0.6 is 0 Å². The summed E-state index contributed by atoms with van der Waals surface area (Å²) in [4.78, 5) is 12.3. The predicted molar refractivity (Wildman–Crippen MR) is 109 cm³/mol. The Balaban J connectivity index is 2.22. The second-order valence-electron chi connectivity index (χ2n) is 7.06. The number of ether oxygens (including phenoxy) is 1. The summed E-state index contributed by atoms with van der Waals surface area (Å²) in [6.07, 6.45) is 1.52. The lowest BCUT2D eigenvalue weighted by atomic mass is 9.85. The van der Waals surface area contributed by atoms with Gasteiger partial charge in [-0.05, 0) is 43.5 Å². The highest BCUT2D eigenvalue weighted by atomic mass is 32.2. The molecule has 0 fully saturated rings. The van der Waals surface area contributed by atoms with Crippen molar-refractivity contribution in [1.29, 1.82) is 0 Å². The molecular weight excluding hydrogens is 378 g/mol. The van der Waals surface area contributed by atoms with Crippen molar-refractivity contribution in [3.8, 4) is 5.75 Å². The molecule has 2 unspecified atom stereocenters. The van der Waals surface area contributed by atoms with Crippen LogP contribution in [0.4, 0.5) is 0 Å². The Morgan fingerprint density at radius 2 is 1.64 bits per heavy atom. The summed E-state index contributed by atoms with van der Waals surface area (Å²) in [6.45, 7) is 3.60. The minimum absolute atomic E-state index is 0.137. The van der Waals surface area contributed by atoms with Gasteiger partial charge in [0.25, 0.3) is 0 Å². The van der Waals surface area contributed by atoms with Crippen LogP contribution in [0.1, 0.15) is 37.3 Å². The van der Waals surface area contributed by atoms with Crippen LogP contribution in [-0.2, 0) is 26.1 Å². The van der Waals surface area contributed by atoms with E-state index in [0.717, 1.165) is 17.4 Å². The molecular formula is C21H27NO5S. The van der Waals surface area contributed by atoms with Crippen LogP contribution < -0.4 is 9.92 Å². The van der Waals surface area contributed by atoms with Gasteiger partial charge in [0.1, 0.15) is 5.75 Å². The van der Waals surface area contributed by atoms with Crippen molar-refractivity contribution in [3.63, 3.8) is 0 Å². The third-order valence-electron chi connectivity index (χ3n) is 4.14. The van der Waals surface area contributed by atoms with E-state index in [0.29, 0.717) is 6.42 Å². The summed E-state index contributed by atoms with van der Waals surface area (Å²) in [6, 6.07) is 16.1. The number of hydrogen-bond acceptors (Lipinski definition) is 6. The van der Waals surface area contributed by atoms with Crippen molar-refractivity contribution >= 4 is 16.1 Å². The molecule has 152 valence electrons. The Morgan fingerprint density at radius 3 is 2.18 bits per heavy atom. The smallest absolute Gasteiger partial charge is 0.306 e. The Bertz CT molecular complexity index is 863. The molecule has 0 bridgehead atoms. The van der Waals surface area contributed by atoms with E-state index in [4.69, 9.17) is 14.7 Å². The third-order valence-corrected chi connectivity index (χ3v) is 4.64. The molecule has 2 N–H and O–H groups in total. The largest absolute Gasteiger partial charge is 0.463 e. The molecule has 0 aromatic heterocycles. The highest BCUT2D eigenvalue weighted by Gasteiger charge is 2.25. The van der Waals surface area contributed by atoms with Crippen molar-refractivity contribution in [2.45, 2.75) is 44.8 Å². The van der Waals surface area contributed by atoms with Gasteiger partial charge >= 0.3 is 16.1 Å². The van der Waals surface area contributed by atoms with Gasteiger partial charge in [0.2, 0.25) is 0 Å². The molecule has 2 rings (SSSR count). The summed E-state index contributed by atoms with van der Waals surface area (Å²) in [5.74, 6) is -0.384. The zero-order valence-corrected chi connectivity index (χ0v) is 17.2. The molecule has 2 aromatic carbocycles. The van der Waals surface area contributed by atoms with Crippen LogP contribution in [0.5, 0.6) is 5.75 Å². The molecule has 0 radical (unpaired) electrons. The molecule has 0 aliphatic rings. The molecule has 0 heterocycles. The second kappa shape index (κ2) is 9.71. The molecule has 0 spiro atoms. The summed E-state index contributed by atoms with van der Waals surface area (Å²) in [7, 11) is -3.60. The Morgan fingerprint density at radius 1 is 1.04 bits per heavy atom. The molecule has 0 aliphatic heterocycles. The van der Waals surface area contributed by atoms with Crippen LogP contribution in [0.3, 0.4) is 0 Å². The van der Waals surface area contributed by atoms with Crippen molar-refractivity contribution in [1.82, 2.24) is 0 Å². The van der Waals surface area contributed by atoms with E-state index < -0.39 is 10.1 Å². The Hall–Kier alpha value is -2.38. The quantitative estimate of drug-likeness (QED) is 0.509. The van der Waals surface area contributed by atoms with Gasteiger partial charge in [-0.15, -0.1) is 0 Å². The fourth-order valence-electron chi connectivity index (χ4n) is 2.98. The number of esters is 1. The predicted octanol–water partition coefficient (Wildman–Crippen LogP) is 3.02. The zero-order valence-electron chi connectivity index (χ0n) is 16.4. The van der Waals surface area contributed by atoms with Crippen LogP contribution in [-0.4, -0.2) is 32.8 Å². The molecule has 0 saturated carbocycles. The van der Waals surface area contributed by atoms with Gasteiger partial charge in [-0.25, -0.2) is 0 Å². The lowest BCUT2D eigenvalue weighted by molar-refractivity contribution is -0.148. The molecule has 6 nitrogen and oxygen atoms in total. The van der Waals surface area contributed by atoms with E-state index >= 15 is 0 Å². The van der Waals surface area contributed by atoms with E-state index in [9.17, 15) is 13.2 Å². The van der Waals surface area contributed by atoms with Gasteiger partial charge in [-0.2, -0.15) is 8.42 Å². The molecule has 2 atom stereocenters. The number of carbonyl (C=O) groups excluding carboxylic acids is 1. The summed E-state index contributed by atoms with van der Waals surface area (Å²) >= 11 is 0. The number of nitrogens with two attached hydrogens (primary N) is 1. The second-order valence-corrected chi connectivity index (χ2v) is 8.63. The first-order valence-corrected chi connectivity index (χ1v) is 10.9. The average Bonchev–Trinajstić information content (AvgIpc) is 2.59. The third kappa shape index (κ3) is 7.32. The highest BCUT2D eigenvalue weighted by Crippen LogP contribution is 2.27. The fraction of sp³-hybridized carbons (Fsp3) is 0.381. The minimum Gasteiger partial charge on any atom is -0.463 e. The molecule has 0 aliphatic carbocycles. The van der Waals surface area contributed by atoms with E-state index in [1.807, 2.05) is 30.3 Å². The molecule has 7 heteroatoms. The van der Waals surface area contributed by atoms with Crippen LogP contribution in [0.2, 0.25) is 0 Å². The van der Waals surface area contributed by atoms with E-state index in [-0.39, 0.29) is 36.2 Å². The zero-order chi connectivity index (χ0) is 20.7. The summed E-state index contributed by atoms with van der Waals surface area (Å²) < 4.78 is 32.7. The van der Waals surface area contributed by atoms with E-state index in [1.165, 1.54) is 0 Å². The topological polar surface area (TPSA) is 95.7 Å². The Labute approximate surface area is 166 Å². The van der Waals surface area contributed by atoms with Crippen molar-refractivity contribution in [2.75, 3.05) is 6.26 Å². The first-order chi connectivity index (χ1) is 13.1. The number of carbonyl (C=O) groups is 1. The monoisotopic (exact) mass is 405 g/mol. The van der Waals surface area contributed by atoms with Gasteiger partial charge in [-0.1, -0.05) is 42.5 Å². The lowest BCUT2D eigenvalue weighted by Gasteiger charge is -2.24. The normalized spacial score (nSPS) is 13.8. The van der Waals surface area contributed by atoms with Gasteiger partial charge in [0.15, 0.2) is 0 Å². The van der Waals surface area contributed by atoms with Crippen LogP contribution in [0.25, 0.3) is 0 Å². The maximum atomic E-state index is 12.3. The molecule has 28 heavy (non-hydrogen) atoms. The van der Waals surface area contributed by atoms with Gasteiger partial charge in [0.05, 0.1) is 18.8 Å². The van der Waals surface area contributed by atoms with Gasteiger partial charge in [-0.3, -0.25) is 4.79 Å². The van der Waals surface area contributed by atoms with Crippen molar-refractivity contribution in [3.05, 3.63) is 65.7 Å². The Kier molecular flexibility index (Phi) is 7.60. The maximum Gasteiger partial charge on any atom is 0.306 e. The van der Waals surface area contributed by atoms with Crippen LogP contribution in [0.15, 0.2) is 54.6 Å². The SMILES string of the molecule is CC(C)OC(=O)CC(c1ccc(OS(C)(=O)=O)cc1)C(N)Cc1ccccc1. The highest BCUT2D eigenvalue weighted by molar-refractivity contribution is 7.86. The molecule has 0 saturated heterocycles. The van der Waals surface area contributed by atoms with Crippen molar-refractivity contribution in [2.24, 2.45) is 5.73 Å². The first kappa shape index (κ1) is 21.9. The van der Waals surface area contributed by atoms with E-state index in [2.05, 4.69) is 0 Å². The lowest BCUT2D eigenvalue weighted by Crippen LogP contribution is -2.33. The first-order valence-electron chi connectivity index (χ1n) is 9.12. The maximum absolute atomic E-state index is 12.3. The summed E-state index contributed by atoms with van der Waals surface area (Å²) in [5.41, 5.74) is 8.37. The number of hydrogen-bond donors (Lipinski definition) is 1. The standard InChI is InChI=1S/C21H27NO5S/c1-15(2)26-21(23)14-19(20(22)13-16-7-5-4-6-8-16)17-9-11-18(12-10-17)27-28(3,24)25/h4-12,15,19-20H,13-14,22H2,1-3H3.